The molecular formula is C13H20BrNOS. The maximum Gasteiger partial charge on any atom is 0.187 e. The Bertz CT molecular complexity index is 364. The monoisotopic (exact) mass is 317 g/mol. The van der Waals surface area contributed by atoms with Gasteiger partial charge >= 0.3 is 0 Å². The Kier molecular flexibility index (Phi) is 6.38. The molecule has 0 fully saturated rings. The predicted molar refractivity (Wildman–Crippen MR) is 77.9 cm³/mol. The van der Waals surface area contributed by atoms with Crippen molar-refractivity contribution in [2.45, 2.75) is 27.2 Å². The Labute approximate surface area is 116 Å². The molecule has 1 unspecified atom stereocenters. The second-order valence-corrected chi connectivity index (χ2v) is 6.13. The zero-order valence-electron chi connectivity index (χ0n) is 10.7. The maximum atomic E-state index is 12.1. The third kappa shape index (κ3) is 4.53. The van der Waals surface area contributed by atoms with Crippen molar-refractivity contribution in [3.05, 3.63) is 20.8 Å². The van der Waals surface area contributed by atoms with Crippen LogP contribution in [0.2, 0.25) is 0 Å². The summed E-state index contributed by atoms with van der Waals surface area (Å²) in [5.41, 5.74) is 0. The largest absolute Gasteiger partial charge is 0.296 e. The molecule has 0 spiro atoms. The van der Waals surface area contributed by atoms with Crippen molar-refractivity contribution in [2.24, 2.45) is 5.92 Å². The van der Waals surface area contributed by atoms with Gasteiger partial charge in [-0.3, -0.25) is 9.69 Å². The average molecular weight is 318 g/mol. The van der Waals surface area contributed by atoms with Crippen molar-refractivity contribution in [3.63, 3.8) is 0 Å². The van der Waals surface area contributed by atoms with Gasteiger partial charge in [-0.05, 0) is 39.8 Å². The van der Waals surface area contributed by atoms with Crippen LogP contribution < -0.4 is 0 Å². The minimum atomic E-state index is 0.219. The number of carbonyl (C=O) groups excluding carboxylic acids is 1. The fourth-order valence-electron chi connectivity index (χ4n) is 1.64. The van der Waals surface area contributed by atoms with Gasteiger partial charge in [0.15, 0.2) is 5.78 Å². The fraction of sp³-hybridized carbons (Fsp3) is 0.615. The van der Waals surface area contributed by atoms with E-state index in [-0.39, 0.29) is 5.78 Å². The normalized spacial score (nSPS) is 13.0. The standard InChI is InChI=1S/C13H20BrNOS/c1-4-10(3)8-15(5-2)9-12(16)13-11(14)6-7-17-13/h6-7,10H,4-5,8-9H2,1-3H3. The van der Waals surface area contributed by atoms with Crippen LogP contribution in [0.25, 0.3) is 0 Å². The van der Waals surface area contributed by atoms with E-state index in [1.165, 1.54) is 11.3 Å². The highest BCUT2D eigenvalue weighted by molar-refractivity contribution is 9.10. The molecule has 1 rings (SSSR count). The van der Waals surface area contributed by atoms with Crippen molar-refractivity contribution >= 4 is 33.0 Å². The molecule has 1 heterocycles. The van der Waals surface area contributed by atoms with E-state index in [0.29, 0.717) is 12.5 Å². The van der Waals surface area contributed by atoms with E-state index in [9.17, 15) is 4.79 Å². The highest BCUT2D eigenvalue weighted by Gasteiger charge is 2.16. The maximum absolute atomic E-state index is 12.1. The van der Waals surface area contributed by atoms with Gasteiger partial charge in [0.25, 0.3) is 0 Å². The third-order valence-corrected chi connectivity index (χ3v) is 4.83. The van der Waals surface area contributed by atoms with Crippen molar-refractivity contribution in [1.29, 1.82) is 0 Å². The van der Waals surface area contributed by atoms with E-state index in [1.54, 1.807) is 0 Å². The minimum absolute atomic E-state index is 0.219. The van der Waals surface area contributed by atoms with Crippen LogP contribution in [0.5, 0.6) is 0 Å². The Morgan fingerprint density at radius 3 is 2.71 bits per heavy atom. The van der Waals surface area contributed by atoms with Crippen LogP contribution in [0, 0.1) is 5.92 Å². The summed E-state index contributed by atoms with van der Waals surface area (Å²) < 4.78 is 0.923. The van der Waals surface area contributed by atoms with Gasteiger partial charge in [-0.15, -0.1) is 11.3 Å². The van der Waals surface area contributed by atoms with Crippen molar-refractivity contribution in [3.8, 4) is 0 Å². The molecule has 0 N–H and O–H groups in total. The molecule has 0 saturated heterocycles. The van der Waals surface area contributed by atoms with Crippen LogP contribution in [0.15, 0.2) is 15.9 Å². The smallest absolute Gasteiger partial charge is 0.187 e. The Hall–Kier alpha value is -0.190. The molecule has 96 valence electrons. The average Bonchev–Trinajstić information content (AvgIpc) is 2.74. The summed E-state index contributed by atoms with van der Waals surface area (Å²) in [4.78, 5) is 15.2. The number of halogens is 1. The topological polar surface area (TPSA) is 20.3 Å². The number of nitrogens with zero attached hydrogens (tertiary/aromatic N) is 1. The summed E-state index contributed by atoms with van der Waals surface area (Å²) >= 11 is 4.93. The quantitative estimate of drug-likeness (QED) is 0.707. The highest BCUT2D eigenvalue weighted by Crippen LogP contribution is 2.23. The molecule has 0 aromatic carbocycles. The van der Waals surface area contributed by atoms with E-state index >= 15 is 0 Å². The molecule has 1 aromatic rings. The molecule has 0 amide bonds. The summed E-state index contributed by atoms with van der Waals surface area (Å²) in [5, 5.41) is 1.95. The number of likely N-dealkylation sites (N-methyl/N-ethyl adjacent to an activating group) is 1. The Balaban J connectivity index is 2.57. The molecule has 17 heavy (non-hydrogen) atoms. The second-order valence-electron chi connectivity index (χ2n) is 4.36. The summed E-state index contributed by atoms with van der Waals surface area (Å²) in [6, 6.07) is 1.93. The first-order chi connectivity index (χ1) is 8.08. The lowest BCUT2D eigenvalue weighted by Crippen LogP contribution is -2.33. The highest BCUT2D eigenvalue weighted by atomic mass is 79.9. The molecule has 1 atom stereocenters. The number of hydrogen-bond acceptors (Lipinski definition) is 3. The fourth-order valence-corrected chi connectivity index (χ4v) is 3.17. The van der Waals surface area contributed by atoms with Crippen LogP contribution in [0.3, 0.4) is 0 Å². The lowest BCUT2D eigenvalue weighted by molar-refractivity contribution is 0.0927. The SMILES string of the molecule is CCC(C)CN(CC)CC(=O)c1sccc1Br. The first-order valence-electron chi connectivity index (χ1n) is 6.07. The first-order valence-corrected chi connectivity index (χ1v) is 7.74. The van der Waals surface area contributed by atoms with Gasteiger partial charge in [0.05, 0.1) is 11.4 Å². The van der Waals surface area contributed by atoms with E-state index in [0.717, 1.165) is 28.9 Å². The lowest BCUT2D eigenvalue weighted by Gasteiger charge is -2.22. The van der Waals surface area contributed by atoms with Crippen LogP contribution >= 0.6 is 27.3 Å². The number of thiophene rings is 1. The minimum Gasteiger partial charge on any atom is -0.296 e. The predicted octanol–water partition coefficient (Wildman–Crippen LogP) is 4.06. The molecular weight excluding hydrogens is 298 g/mol. The van der Waals surface area contributed by atoms with Crippen LogP contribution in [0.1, 0.15) is 36.9 Å². The molecule has 0 aliphatic heterocycles. The zero-order chi connectivity index (χ0) is 12.8. The zero-order valence-corrected chi connectivity index (χ0v) is 13.1. The molecule has 2 nitrogen and oxygen atoms in total. The van der Waals surface area contributed by atoms with E-state index in [2.05, 4.69) is 41.6 Å². The van der Waals surface area contributed by atoms with Crippen LogP contribution in [0.4, 0.5) is 0 Å². The van der Waals surface area contributed by atoms with Gasteiger partial charge in [-0.25, -0.2) is 0 Å². The van der Waals surface area contributed by atoms with E-state index in [1.807, 2.05) is 11.4 Å². The number of rotatable bonds is 7. The first kappa shape index (κ1) is 14.9. The third-order valence-electron chi connectivity index (χ3n) is 2.95. The van der Waals surface area contributed by atoms with Crippen molar-refractivity contribution < 1.29 is 4.79 Å². The Morgan fingerprint density at radius 2 is 2.24 bits per heavy atom. The summed E-state index contributed by atoms with van der Waals surface area (Å²) in [6.45, 7) is 8.99. The number of ketones is 1. The summed E-state index contributed by atoms with van der Waals surface area (Å²) in [6.07, 6.45) is 1.16. The van der Waals surface area contributed by atoms with Gasteiger partial charge in [0.2, 0.25) is 0 Å². The Morgan fingerprint density at radius 1 is 1.53 bits per heavy atom. The molecule has 0 aliphatic carbocycles. The summed E-state index contributed by atoms with van der Waals surface area (Å²) in [5.74, 6) is 0.867. The van der Waals surface area contributed by atoms with Gasteiger partial charge in [0.1, 0.15) is 0 Å². The van der Waals surface area contributed by atoms with Gasteiger partial charge in [0, 0.05) is 11.0 Å². The van der Waals surface area contributed by atoms with Crippen molar-refractivity contribution in [2.75, 3.05) is 19.6 Å². The molecule has 4 heteroatoms. The number of Topliss-reactive ketones (excluding diaryl/α,β-unsaturated/α-hetero) is 1. The molecule has 1 aromatic heterocycles. The molecule has 0 aliphatic rings. The lowest BCUT2D eigenvalue weighted by atomic mass is 10.1. The number of carbonyl (C=O) groups is 1. The van der Waals surface area contributed by atoms with Crippen LogP contribution in [-0.4, -0.2) is 30.3 Å². The van der Waals surface area contributed by atoms with E-state index in [4.69, 9.17) is 0 Å². The van der Waals surface area contributed by atoms with Crippen molar-refractivity contribution in [1.82, 2.24) is 4.90 Å². The molecule has 0 radical (unpaired) electrons. The summed E-state index contributed by atoms with van der Waals surface area (Å²) in [7, 11) is 0. The molecule has 0 saturated carbocycles. The number of hydrogen-bond donors (Lipinski definition) is 0. The van der Waals surface area contributed by atoms with Crippen LogP contribution in [-0.2, 0) is 0 Å². The molecule has 0 bridgehead atoms. The van der Waals surface area contributed by atoms with Gasteiger partial charge in [-0.2, -0.15) is 0 Å². The second kappa shape index (κ2) is 7.29. The van der Waals surface area contributed by atoms with Gasteiger partial charge < -0.3 is 0 Å². The van der Waals surface area contributed by atoms with E-state index < -0.39 is 0 Å². The van der Waals surface area contributed by atoms with Gasteiger partial charge in [-0.1, -0.05) is 27.2 Å².